The van der Waals surface area contributed by atoms with E-state index in [1.54, 1.807) is 16.3 Å². The van der Waals surface area contributed by atoms with Gasteiger partial charge in [-0.25, -0.2) is 4.98 Å². The van der Waals surface area contributed by atoms with Crippen LogP contribution in [0, 0.1) is 6.92 Å². The maximum absolute atomic E-state index is 14.0. The van der Waals surface area contributed by atoms with E-state index in [4.69, 9.17) is 9.72 Å². The number of ether oxygens (including phenoxy) is 1. The number of morpholine rings is 1. The number of anilines is 1. The van der Waals surface area contributed by atoms with E-state index in [2.05, 4.69) is 24.2 Å². The van der Waals surface area contributed by atoms with Crippen molar-refractivity contribution in [3.05, 3.63) is 82.2 Å². The summed E-state index contributed by atoms with van der Waals surface area (Å²) in [7, 11) is 0. The molecule has 5 nitrogen and oxygen atoms in total. The molecular weight excluding hydrogens is 418 g/mol. The summed E-state index contributed by atoms with van der Waals surface area (Å²) < 4.78 is 7.29. The summed E-state index contributed by atoms with van der Waals surface area (Å²) in [5, 5.41) is 0.300. The standard InChI is InChI=1S/C26H29N3O2S/c1-19-9-12-22(13-10-19)29-24(21-7-5-4-6-8-21)27-25(28-15-17-31-18-16-28)23(26(29)30)14-11-20(2)32-3/h4-14,20H,15-18H2,1-3H3/b14-11+. The fourth-order valence-corrected chi connectivity index (χ4v) is 3.95. The van der Waals surface area contributed by atoms with Crippen LogP contribution >= 0.6 is 11.8 Å². The molecule has 2 aromatic carbocycles. The van der Waals surface area contributed by atoms with E-state index in [1.807, 2.05) is 67.6 Å². The van der Waals surface area contributed by atoms with Crippen LogP contribution in [0.15, 0.2) is 65.5 Å². The van der Waals surface area contributed by atoms with Crippen molar-refractivity contribution in [1.29, 1.82) is 0 Å². The van der Waals surface area contributed by atoms with Gasteiger partial charge >= 0.3 is 0 Å². The Hall–Kier alpha value is -2.83. The van der Waals surface area contributed by atoms with Crippen LogP contribution in [0.4, 0.5) is 5.82 Å². The summed E-state index contributed by atoms with van der Waals surface area (Å²) >= 11 is 1.74. The highest BCUT2D eigenvalue weighted by Crippen LogP contribution is 2.26. The molecule has 1 unspecified atom stereocenters. The van der Waals surface area contributed by atoms with Gasteiger partial charge in [-0.2, -0.15) is 11.8 Å². The van der Waals surface area contributed by atoms with E-state index in [-0.39, 0.29) is 5.56 Å². The number of hydrogen-bond donors (Lipinski definition) is 0. The number of aromatic nitrogens is 2. The number of hydrogen-bond acceptors (Lipinski definition) is 5. The van der Waals surface area contributed by atoms with Crippen molar-refractivity contribution in [1.82, 2.24) is 9.55 Å². The first-order chi connectivity index (χ1) is 15.6. The second-order valence-corrected chi connectivity index (χ2v) is 9.13. The molecule has 32 heavy (non-hydrogen) atoms. The van der Waals surface area contributed by atoms with Crippen molar-refractivity contribution < 1.29 is 4.74 Å². The van der Waals surface area contributed by atoms with Gasteiger partial charge in [-0.1, -0.05) is 54.1 Å². The van der Waals surface area contributed by atoms with E-state index in [9.17, 15) is 4.79 Å². The average Bonchev–Trinajstić information content (AvgIpc) is 2.84. The van der Waals surface area contributed by atoms with E-state index >= 15 is 0 Å². The van der Waals surface area contributed by atoms with Crippen LogP contribution in [0.2, 0.25) is 0 Å². The molecule has 1 aromatic heterocycles. The molecule has 0 spiro atoms. The summed E-state index contributed by atoms with van der Waals surface area (Å²) in [4.78, 5) is 21.3. The van der Waals surface area contributed by atoms with E-state index < -0.39 is 0 Å². The topological polar surface area (TPSA) is 47.4 Å². The molecule has 166 valence electrons. The molecule has 0 aliphatic carbocycles. The maximum Gasteiger partial charge on any atom is 0.267 e. The lowest BCUT2D eigenvalue weighted by Crippen LogP contribution is -2.39. The molecule has 0 saturated carbocycles. The van der Waals surface area contributed by atoms with Gasteiger partial charge in [0.2, 0.25) is 0 Å². The molecule has 1 aliphatic rings. The number of aryl methyl sites for hydroxylation is 1. The predicted octanol–water partition coefficient (Wildman–Crippen LogP) is 4.81. The molecule has 1 aliphatic heterocycles. The summed E-state index contributed by atoms with van der Waals surface area (Å²) in [5.74, 6) is 1.38. The Morgan fingerprint density at radius 2 is 1.75 bits per heavy atom. The molecule has 1 atom stereocenters. The zero-order chi connectivity index (χ0) is 22.5. The second kappa shape index (κ2) is 10.2. The van der Waals surface area contributed by atoms with Gasteiger partial charge in [0.1, 0.15) is 11.6 Å². The minimum absolute atomic E-state index is 0.0613. The highest BCUT2D eigenvalue weighted by atomic mass is 32.2. The van der Waals surface area contributed by atoms with Gasteiger partial charge in [0, 0.05) is 23.9 Å². The predicted molar refractivity (Wildman–Crippen MR) is 135 cm³/mol. The van der Waals surface area contributed by atoms with Crippen molar-refractivity contribution in [2.24, 2.45) is 0 Å². The molecule has 3 aromatic rings. The van der Waals surface area contributed by atoms with Crippen LogP contribution in [0.5, 0.6) is 0 Å². The Labute approximate surface area is 193 Å². The minimum Gasteiger partial charge on any atom is -0.378 e. The monoisotopic (exact) mass is 447 g/mol. The number of rotatable bonds is 6. The van der Waals surface area contributed by atoms with Crippen molar-refractivity contribution in [3.63, 3.8) is 0 Å². The summed E-state index contributed by atoms with van der Waals surface area (Å²) in [5.41, 5.74) is 3.43. The van der Waals surface area contributed by atoms with Crippen LogP contribution in [-0.4, -0.2) is 47.4 Å². The van der Waals surface area contributed by atoms with Crippen LogP contribution in [-0.2, 0) is 4.74 Å². The molecule has 4 rings (SSSR count). The highest BCUT2D eigenvalue weighted by Gasteiger charge is 2.23. The lowest BCUT2D eigenvalue weighted by atomic mass is 10.1. The fourth-order valence-electron chi connectivity index (χ4n) is 3.71. The first-order valence-electron chi connectivity index (χ1n) is 10.9. The number of benzene rings is 2. The molecular formula is C26H29N3O2S. The minimum atomic E-state index is -0.0613. The fraction of sp³-hybridized carbons (Fsp3) is 0.308. The lowest BCUT2D eigenvalue weighted by molar-refractivity contribution is 0.122. The van der Waals surface area contributed by atoms with Gasteiger partial charge in [-0.15, -0.1) is 0 Å². The summed E-state index contributed by atoms with van der Waals surface area (Å²) in [6.07, 6.45) is 6.09. The third kappa shape index (κ3) is 4.81. The summed E-state index contributed by atoms with van der Waals surface area (Å²) in [6.45, 7) is 6.87. The van der Waals surface area contributed by atoms with Crippen LogP contribution in [0.1, 0.15) is 18.1 Å². The normalized spacial score (nSPS) is 15.3. The molecule has 0 bridgehead atoms. The molecule has 0 amide bonds. The Balaban J connectivity index is 1.99. The first kappa shape index (κ1) is 22.4. The molecule has 2 heterocycles. The van der Waals surface area contributed by atoms with Gasteiger partial charge in [0.15, 0.2) is 0 Å². The average molecular weight is 448 g/mol. The zero-order valence-corrected chi connectivity index (χ0v) is 19.6. The van der Waals surface area contributed by atoms with Gasteiger partial charge < -0.3 is 9.64 Å². The van der Waals surface area contributed by atoms with Crippen molar-refractivity contribution in [2.45, 2.75) is 19.1 Å². The van der Waals surface area contributed by atoms with Crippen molar-refractivity contribution in [3.8, 4) is 17.1 Å². The first-order valence-corrected chi connectivity index (χ1v) is 12.2. The van der Waals surface area contributed by atoms with Gasteiger partial charge in [-0.05, 0) is 38.3 Å². The third-order valence-electron chi connectivity index (χ3n) is 5.64. The molecule has 1 fully saturated rings. The zero-order valence-electron chi connectivity index (χ0n) is 18.8. The lowest BCUT2D eigenvalue weighted by Gasteiger charge is -2.30. The highest BCUT2D eigenvalue weighted by molar-refractivity contribution is 7.99. The molecule has 0 radical (unpaired) electrons. The molecule has 0 N–H and O–H groups in total. The van der Waals surface area contributed by atoms with E-state index in [1.165, 1.54) is 0 Å². The quantitative estimate of drug-likeness (QED) is 0.543. The van der Waals surface area contributed by atoms with Crippen LogP contribution in [0.25, 0.3) is 23.2 Å². The third-order valence-corrected chi connectivity index (χ3v) is 6.54. The number of nitrogens with zero attached hydrogens (tertiary/aromatic N) is 3. The van der Waals surface area contributed by atoms with Crippen LogP contribution in [0.3, 0.4) is 0 Å². The van der Waals surface area contributed by atoms with E-state index in [0.717, 1.165) is 22.6 Å². The maximum atomic E-state index is 14.0. The Morgan fingerprint density at radius 1 is 1.06 bits per heavy atom. The van der Waals surface area contributed by atoms with Gasteiger partial charge in [0.25, 0.3) is 5.56 Å². The Bertz CT molecular complexity index is 1130. The second-order valence-electron chi connectivity index (χ2n) is 7.91. The Kier molecular flexibility index (Phi) is 7.12. The van der Waals surface area contributed by atoms with E-state index in [0.29, 0.717) is 42.9 Å². The Morgan fingerprint density at radius 3 is 2.41 bits per heavy atom. The number of thioether (sulfide) groups is 1. The van der Waals surface area contributed by atoms with Gasteiger partial charge in [0.05, 0.1) is 24.5 Å². The van der Waals surface area contributed by atoms with Gasteiger partial charge in [-0.3, -0.25) is 9.36 Å². The molecule has 6 heteroatoms. The summed E-state index contributed by atoms with van der Waals surface area (Å²) in [6, 6.07) is 17.9. The van der Waals surface area contributed by atoms with Crippen molar-refractivity contribution in [2.75, 3.05) is 37.5 Å². The SMILES string of the molecule is CSC(C)/C=C/c1c(N2CCOCC2)nc(-c2ccccc2)n(-c2ccc(C)cc2)c1=O. The largest absolute Gasteiger partial charge is 0.378 e. The van der Waals surface area contributed by atoms with Crippen molar-refractivity contribution >= 4 is 23.7 Å². The smallest absolute Gasteiger partial charge is 0.267 e. The van der Waals surface area contributed by atoms with Crippen LogP contribution < -0.4 is 10.5 Å². The molecule has 1 saturated heterocycles.